The summed E-state index contributed by atoms with van der Waals surface area (Å²) in [6, 6.07) is 7.43. The van der Waals surface area contributed by atoms with Crippen LogP contribution in [0.4, 0.5) is 0 Å². The van der Waals surface area contributed by atoms with Gasteiger partial charge in [0.1, 0.15) is 11.8 Å². The Kier molecular flexibility index (Phi) is 3.77. The van der Waals surface area contributed by atoms with Gasteiger partial charge in [0.05, 0.1) is 6.54 Å². The Morgan fingerprint density at radius 2 is 1.94 bits per heavy atom. The molecule has 1 saturated heterocycles. The normalized spacial score (nSPS) is 20.3. The molecule has 0 saturated carbocycles. The zero-order valence-corrected chi connectivity index (χ0v) is 10.4. The zero-order valence-electron chi connectivity index (χ0n) is 10.4. The lowest BCUT2D eigenvalue weighted by Crippen LogP contribution is -2.35. The molecular formula is C14H17NO3. The largest absolute Gasteiger partial charge is 0.480 e. The smallest absolute Gasteiger partial charge is 0.321 e. The molecule has 1 aliphatic rings. The molecule has 0 aliphatic carbocycles. The van der Waals surface area contributed by atoms with Crippen molar-refractivity contribution in [2.24, 2.45) is 0 Å². The van der Waals surface area contributed by atoms with Crippen molar-refractivity contribution >= 4 is 11.8 Å². The number of hydrogen-bond acceptors (Lipinski definition) is 3. The van der Waals surface area contributed by atoms with E-state index in [-0.39, 0.29) is 18.7 Å². The predicted molar refractivity (Wildman–Crippen MR) is 67.3 cm³/mol. The first-order valence-electron chi connectivity index (χ1n) is 6.16. The van der Waals surface area contributed by atoms with Crippen LogP contribution in [0.1, 0.15) is 24.5 Å². The van der Waals surface area contributed by atoms with Gasteiger partial charge >= 0.3 is 5.97 Å². The number of aryl methyl sites for hydroxylation is 1. The van der Waals surface area contributed by atoms with Crippen LogP contribution >= 0.6 is 0 Å². The van der Waals surface area contributed by atoms with E-state index in [0.29, 0.717) is 6.54 Å². The number of ketones is 1. The monoisotopic (exact) mass is 247 g/mol. The van der Waals surface area contributed by atoms with Crippen LogP contribution in [0.3, 0.4) is 0 Å². The van der Waals surface area contributed by atoms with Gasteiger partial charge in [0.25, 0.3) is 0 Å². The molecule has 1 N–H and O–H groups in total. The third-order valence-electron chi connectivity index (χ3n) is 3.34. The molecule has 1 aliphatic heterocycles. The maximum absolute atomic E-state index is 11.4. The van der Waals surface area contributed by atoms with Crippen LogP contribution in [-0.2, 0) is 22.6 Å². The van der Waals surface area contributed by atoms with Gasteiger partial charge in [-0.3, -0.25) is 14.5 Å². The Morgan fingerprint density at radius 3 is 2.50 bits per heavy atom. The average molecular weight is 247 g/mol. The minimum absolute atomic E-state index is 0.00702. The number of hydrogen-bond donors (Lipinski definition) is 1. The fourth-order valence-electron chi connectivity index (χ4n) is 2.27. The summed E-state index contributed by atoms with van der Waals surface area (Å²) in [5, 5.41) is 9.07. The molecule has 18 heavy (non-hydrogen) atoms. The number of rotatable bonds is 4. The molecule has 4 nitrogen and oxygen atoms in total. The van der Waals surface area contributed by atoms with Crippen LogP contribution in [0, 0.1) is 0 Å². The van der Waals surface area contributed by atoms with E-state index >= 15 is 0 Å². The number of carboxylic acids is 1. The minimum atomic E-state index is -0.911. The highest BCUT2D eigenvalue weighted by Crippen LogP contribution is 2.18. The van der Waals surface area contributed by atoms with Gasteiger partial charge in [0.15, 0.2) is 0 Å². The summed E-state index contributed by atoms with van der Waals surface area (Å²) in [6.45, 7) is 2.85. The Balaban J connectivity index is 2.07. The van der Waals surface area contributed by atoms with E-state index in [1.807, 2.05) is 24.3 Å². The summed E-state index contributed by atoms with van der Waals surface area (Å²) in [5.74, 6) is -0.904. The van der Waals surface area contributed by atoms with E-state index in [4.69, 9.17) is 5.11 Å². The summed E-state index contributed by atoms with van der Waals surface area (Å²) < 4.78 is 0. The number of benzene rings is 1. The summed E-state index contributed by atoms with van der Waals surface area (Å²) in [7, 11) is 0. The Hall–Kier alpha value is -1.68. The van der Waals surface area contributed by atoms with Crippen LogP contribution in [-0.4, -0.2) is 34.3 Å². The Labute approximate surface area is 106 Å². The van der Waals surface area contributed by atoms with Crippen LogP contribution in [0.2, 0.25) is 0 Å². The van der Waals surface area contributed by atoms with Crippen LogP contribution < -0.4 is 0 Å². The maximum Gasteiger partial charge on any atom is 0.321 e. The summed E-state index contributed by atoms with van der Waals surface area (Å²) in [5.41, 5.74) is 2.30. The molecule has 1 atom stereocenters. The van der Waals surface area contributed by atoms with Gasteiger partial charge in [0, 0.05) is 13.0 Å². The van der Waals surface area contributed by atoms with Crippen LogP contribution in [0.15, 0.2) is 24.3 Å². The number of carbonyl (C=O) groups is 2. The van der Waals surface area contributed by atoms with Gasteiger partial charge in [-0.05, 0) is 17.5 Å². The van der Waals surface area contributed by atoms with Crippen molar-refractivity contribution in [1.82, 2.24) is 4.90 Å². The number of nitrogens with zero attached hydrogens (tertiary/aromatic N) is 1. The molecule has 1 aromatic carbocycles. The predicted octanol–water partition coefficient (Wildman–Crippen LogP) is 1.48. The highest BCUT2D eigenvalue weighted by molar-refractivity contribution is 5.90. The quantitative estimate of drug-likeness (QED) is 0.875. The van der Waals surface area contributed by atoms with Crippen molar-refractivity contribution < 1.29 is 14.7 Å². The Bertz CT molecular complexity index is 453. The van der Waals surface area contributed by atoms with Crippen LogP contribution in [0.25, 0.3) is 0 Å². The molecule has 0 amide bonds. The third kappa shape index (κ3) is 2.76. The summed E-state index contributed by atoms with van der Waals surface area (Å²) in [6.07, 6.45) is 1.11. The molecule has 4 heteroatoms. The fourth-order valence-corrected chi connectivity index (χ4v) is 2.27. The number of carbonyl (C=O) groups excluding carboxylic acids is 1. The lowest BCUT2D eigenvalue weighted by molar-refractivity contribution is -0.142. The number of carboxylic acid groups (broad SMARTS) is 1. The lowest BCUT2D eigenvalue weighted by atomic mass is 10.1. The van der Waals surface area contributed by atoms with Gasteiger partial charge in [-0.15, -0.1) is 0 Å². The first kappa shape index (κ1) is 12.8. The standard InChI is InChI=1S/C14H17NO3/c1-2-10-3-5-11(6-4-10)8-15-9-12(16)7-13(15)14(17)18/h3-6,13H,2,7-9H2,1H3,(H,17,18). The van der Waals surface area contributed by atoms with Crippen molar-refractivity contribution in [2.45, 2.75) is 32.4 Å². The van der Waals surface area contributed by atoms with Crippen molar-refractivity contribution in [3.8, 4) is 0 Å². The number of Topliss-reactive ketones (excluding diaryl/α,β-unsaturated/α-hetero) is 1. The fraction of sp³-hybridized carbons (Fsp3) is 0.429. The van der Waals surface area contributed by atoms with Gasteiger partial charge in [-0.1, -0.05) is 31.2 Å². The van der Waals surface area contributed by atoms with Gasteiger partial charge in [0.2, 0.25) is 0 Å². The molecule has 96 valence electrons. The highest BCUT2D eigenvalue weighted by atomic mass is 16.4. The number of likely N-dealkylation sites (tertiary alicyclic amines) is 1. The summed E-state index contributed by atoms with van der Waals surface area (Å²) in [4.78, 5) is 24.1. The van der Waals surface area contributed by atoms with Gasteiger partial charge in [-0.25, -0.2) is 0 Å². The molecule has 0 bridgehead atoms. The van der Waals surface area contributed by atoms with E-state index in [9.17, 15) is 9.59 Å². The van der Waals surface area contributed by atoms with Crippen molar-refractivity contribution in [2.75, 3.05) is 6.54 Å². The molecule has 1 heterocycles. The topological polar surface area (TPSA) is 57.6 Å². The van der Waals surface area contributed by atoms with Crippen LogP contribution in [0.5, 0.6) is 0 Å². The van der Waals surface area contributed by atoms with E-state index in [1.165, 1.54) is 5.56 Å². The van der Waals surface area contributed by atoms with E-state index in [0.717, 1.165) is 12.0 Å². The molecule has 1 unspecified atom stereocenters. The SMILES string of the molecule is CCc1ccc(CN2CC(=O)CC2C(=O)O)cc1. The molecule has 0 aromatic heterocycles. The highest BCUT2D eigenvalue weighted by Gasteiger charge is 2.35. The first-order chi connectivity index (χ1) is 8.60. The van der Waals surface area contributed by atoms with Crippen molar-refractivity contribution in [3.05, 3.63) is 35.4 Å². The maximum atomic E-state index is 11.4. The molecule has 1 aromatic rings. The second-order valence-electron chi connectivity index (χ2n) is 4.67. The molecule has 1 fully saturated rings. The molecule has 0 radical (unpaired) electrons. The zero-order chi connectivity index (χ0) is 13.1. The summed E-state index contributed by atoms with van der Waals surface area (Å²) >= 11 is 0. The second-order valence-corrected chi connectivity index (χ2v) is 4.67. The van der Waals surface area contributed by atoms with E-state index < -0.39 is 12.0 Å². The molecule has 0 spiro atoms. The molecule has 2 rings (SSSR count). The second kappa shape index (κ2) is 5.31. The van der Waals surface area contributed by atoms with Crippen molar-refractivity contribution in [3.63, 3.8) is 0 Å². The number of aliphatic carboxylic acids is 1. The van der Waals surface area contributed by atoms with Gasteiger partial charge in [-0.2, -0.15) is 0 Å². The lowest BCUT2D eigenvalue weighted by Gasteiger charge is -2.20. The van der Waals surface area contributed by atoms with E-state index in [1.54, 1.807) is 4.90 Å². The van der Waals surface area contributed by atoms with E-state index in [2.05, 4.69) is 6.92 Å². The average Bonchev–Trinajstić information content (AvgIpc) is 2.71. The third-order valence-corrected chi connectivity index (χ3v) is 3.34. The van der Waals surface area contributed by atoms with Gasteiger partial charge < -0.3 is 5.11 Å². The minimum Gasteiger partial charge on any atom is -0.480 e. The Morgan fingerprint density at radius 1 is 1.33 bits per heavy atom. The van der Waals surface area contributed by atoms with Crippen molar-refractivity contribution in [1.29, 1.82) is 0 Å². The molecular weight excluding hydrogens is 230 g/mol. The first-order valence-corrected chi connectivity index (χ1v) is 6.16.